The average Bonchev–Trinajstić information content (AvgIpc) is 3.01. The highest BCUT2D eigenvalue weighted by Gasteiger charge is 2.35. The van der Waals surface area contributed by atoms with E-state index in [0.29, 0.717) is 23.5 Å². The zero-order valence-electron chi connectivity index (χ0n) is 24.4. The SMILES string of the molecule is COc1ccc2cc1OCC(=O)N[C@@H]1CN(C(=O)c3cccc(OC(F)F)c3)CC[C@H]1Oc1cc(F)cc(c1)CNC(=O)CC2. The quantitative estimate of drug-likeness (QED) is 0.452. The van der Waals surface area contributed by atoms with Crippen molar-refractivity contribution >= 4 is 17.7 Å². The second-order valence-electron chi connectivity index (χ2n) is 10.6. The Morgan fingerprint density at radius 2 is 1.87 bits per heavy atom. The smallest absolute Gasteiger partial charge is 0.387 e. The van der Waals surface area contributed by atoms with E-state index in [2.05, 4.69) is 15.4 Å². The van der Waals surface area contributed by atoms with Gasteiger partial charge in [-0.2, -0.15) is 8.78 Å². The Kier molecular flexibility index (Phi) is 9.95. The molecule has 0 aromatic heterocycles. The number of aryl methyl sites for hydroxylation is 1. The number of hydrogen-bond donors (Lipinski definition) is 2. The Hall–Kier alpha value is -4.94. The highest BCUT2D eigenvalue weighted by atomic mass is 19.3. The van der Waals surface area contributed by atoms with Gasteiger partial charge in [-0.05, 0) is 60.0 Å². The van der Waals surface area contributed by atoms with Crippen LogP contribution in [0.25, 0.3) is 0 Å². The molecule has 0 unspecified atom stereocenters. The van der Waals surface area contributed by atoms with Crippen LogP contribution in [0.4, 0.5) is 13.2 Å². The normalized spacial score (nSPS) is 19.1. The van der Waals surface area contributed by atoms with Gasteiger partial charge in [0, 0.05) is 44.1 Å². The van der Waals surface area contributed by atoms with E-state index in [1.165, 1.54) is 48.4 Å². The molecule has 2 aliphatic heterocycles. The van der Waals surface area contributed by atoms with E-state index in [-0.39, 0.29) is 55.4 Å². The zero-order chi connectivity index (χ0) is 31.9. The number of ether oxygens (including phenoxy) is 4. The number of carbonyl (C=O) groups is 3. The molecule has 0 aliphatic carbocycles. The Morgan fingerprint density at radius 1 is 1.02 bits per heavy atom. The molecule has 4 bridgehead atoms. The number of piperidine rings is 1. The summed E-state index contributed by atoms with van der Waals surface area (Å²) in [6.45, 7) is -3.16. The number of nitrogens with one attached hydrogen (secondary N) is 2. The number of benzene rings is 3. The fourth-order valence-corrected chi connectivity index (χ4v) is 5.28. The molecule has 1 fully saturated rings. The van der Waals surface area contributed by atoms with E-state index < -0.39 is 43.0 Å². The minimum atomic E-state index is -3.05. The lowest BCUT2D eigenvalue weighted by molar-refractivity contribution is -0.125. The van der Waals surface area contributed by atoms with Crippen LogP contribution in [0.3, 0.4) is 0 Å². The van der Waals surface area contributed by atoms with Crippen LogP contribution in [0.2, 0.25) is 0 Å². The number of halogens is 3. The number of likely N-dealkylation sites (tertiary alicyclic amines) is 1. The predicted octanol–water partition coefficient (Wildman–Crippen LogP) is 3.86. The van der Waals surface area contributed by atoms with Crippen molar-refractivity contribution < 1.29 is 46.5 Å². The van der Waals surface area contributed by atoms with E-state index in [4.69, 9.17) is 14.2 Å². The van der Waals surface area contributed by atoms with E-state index in [1.54, 1.807) is 24.3 Å². The molecule has 238 valence electrons. The van der Waals surface area contributed by atoms with Crippen LogP contribution in [0.1, 0.15) is 34.3 Å². The van der Waals surface area contributed by atoms with Crippen molar-refractivity contribution in [2.75, 3.05) is 26.8 Å². The second kappa shape index (κ2) is 14.2. The number of carbonyl (C=O) groups excluding carboxylic acids is 3. The molecule has 0 saturated carbocycles. The molecule has 2 heterocycles. The molecular weight excluding hydrogens is 595 g/mol. The number of nitrogens with zero attached hydrogens (tertiary/aromatic N) is 1. The molecule has 0 spiro atoms. The van der Waals surface area contributed by atoms with Crippen LogP contribution in [0.5, 0.6) is 23.0 Å². The molecule has 13 heteroatoms. The van der Waals surface area contributed by atoms with Crippen molar-refractivity contribution in [3.05, 3.63) is 83.2 Å². The number of methoxy groups -OCH3 is 1. The van der Waals surface area contributed by atoms with Gasteiger partial charge in [0.15, 0.2) is 18.1 Å². The summed E-state index contributed by atoms with van der Waals surface area (Å²) in [7, 11) is 1.47. The third-order valence-corrected chi connectivity index (χ3v) is 7.42. The molecule has 45 heavy (non-hydrogen) atoms. The molecule has 1 saturated heterocycles. The molecule has 2 atom stereocenters. The first-order chi connectivity index (χ1) is 21.7. The predicted molar refractivity (Wildman–Crippen MR) is 155 cm³/mol. The van der Waals surface area contributed by atoms with Gasteiger partial charge in [-0.3, -0.25) is 14.4 Å². The summed E-state index contributed by atoms with van der Waals surface area (Å²) < 4.78 is 61.8. The van der Waals surface area contributed by atoms with Crippen molar-refractivity contribution in [2.24, 2.45) is 0 Å². The van der Waals surface area contributed by atoms with Crippen LogP contribution >= 0.6 is 0 Å². The third-order valence-electron chi connectivity index (χ3n) is 7.42. The van der Waals surface area contributed by atoms with E-state index in [9.17, 15) is 27.6 Å². The van der Waals surface area contributed by atoms with Gasteiger partial charge in [0.2, 0.25) is 5.91 Å². The fourth-order valence-electron chi connectivity index (χ4n) is 5.28. The van der Waals surface area contributed by atoms with Gasteiger partial charge < -0.3 is 34.5 Å². The first-order valence-electron chi connectivity index (χ1n) is 14.3. The van der Waals surface area contributed by atoms with Crippen LogP contribution in [-0.2, 0) is 22.6 Å². The highest BCUT2D eigenvalue weighted by Crippen LogP contribution is 2.29. The average molecular weight is 628 g/mol. The van der Waals surface area contributed by atoms with Crippen LogP contribution in [0.15, 0.2) is 60.7 Å². The number of hydrogen-bond acceptors (Lipinski definition) is 7. The van der Waals surface area contributed by atoms with E-state index in [1.807, 2.05) is 0 Å². The monoisotopic (exact) mass is 627 g/mol. The number of rotatable bonds is 4. The van der Waals surface area contributed by atoms with Crippen molar-refractivity contribution in [2.45, 2.75) is 44.6 Å². The molecule has 3 aromatic carbocycles. The molecule has 3 amide bonds. The van der Waals surface area contributed by atoms with Crippen LogP contribution in [-0.4, -0.2) is 68.2 Å². The topological polar surface area (TPSA) is 115 Å². The third kappa shape index (κ3) is 8.37. The number of fused-ring (bicyclic) bond motifs is 5. The lowest BCUT2D eigenvalue weighted by atomic mass is 10.0. The second-order valence-corrected chi connectivity index (χ2v) is 10.6. The lowest BCUT2D eigenvalue weighted by Crippen LogP contribution is -2.58. The standard InChI is InChI=1S/C32H32F3N3O7/c1-42-27-7-5-19-6-8-29(39)36-16-20-11-22(33)15-24(12-20)44-26-9-10-38(17-25(26)37-30(40)18-43-28(27)13-19)31(41)21-3-2-4-23(14-21)45-32(34)35/h2-5,7,11-15,25-26,32H,6,8-10,16-18H2,1H3,(H,36,39)(H,37,40)/t25-,26-/m1/s1. The van der Waals surface area contributed by atoms with E-state index >= 15 is 0 Å². The highest BCUT2D eigenvalue weighted by molar-refractivity contribution is 5.94. The summed E-state index contributed by atoms with van der Waals surface area (Å²) >= 11 is 0. The van der Waals surface area contributed by atoms with Gasteiger partial charge in [0.25, 0.3) is 11.8 Å². The summed E-state index contributed by atoms with van der Waals surface area (Å²) in [5, 5.41) is 5.67. The van der Waals surface area contributed by atoms with Gasteiger partial charge in [-0.15, -0.1) is 0 Å². The first-order valence-corrected chi connectivity index (χ1v) is 14.3. The summed E-state index contributed by atoms with van der Waals surface area (Å²) in [5.74, 6) is -1.01. The summed E-state index contributed by atoms with van der Waals surface area (Å²) in [4.78, 5) is 40.5. The maximum absolute atomic E-state index is 14.6. The molecule has 2 aliphatic rings. The Morgan fingerprint density at radius 3 is 2.67 bits per heavy atom. The number of amides is 3. The molecular formula is C32H32F3N3O7. The maximum atomic E-state index is 14.6. The van der Waals surface area contributed by atoms with Crippen LogP contribution in [0, 0.1) is 5.82 Å². The Bertz CT molecular complexity index is 1550. The molecule has 0 radical (unpaired) electrons. The maximum Gasteiger partial charge on any atom is 0.387 e. The molecule has 10 nitrogen and oxygen atoms in total. The van der Waals surface area contributed by atoms with Crippen molar-refractivity contribution in [1.82, 2.24) is 15.5 Å². The van der Waals surface area contributed by atoms with Gasteiger partial charge in [0.1, 0.15) is 23.4 Å². The van der Waals surface area contributed by atoms with Crippen molar-refractivity contribution in [1.29, 1.82) is 0 Å². The van der Waals surface area contributed by atoms with Gasteiger partial charge in [0.05, 0.1) is 13.2 Å². The molecule has 5 rings (SSSR count). The van der Waals surface area contributed by atoms with Gasteiger partial charge in [-0.1, -0.05) is 12.1 Å². The van der Waals surface area contributed by atoms with Crippen molar-refractivity contribution in [3.63, 3.8) is 0 Å². The Labute approximate surface area is 257 Å². The lowest BCUT2D eigenvalue weighted by Gasteiger charge is -2.39. The summed E-state index contributed by atoms with van der Waals surface area (Å²) in [5.41, 5.74) is 1.40. The summed E-state index contributed by atoms with van der Waals surface area (Å²) in [6.07, 6.45) is 0.143. The molecule has 2 N–H and O–H groups in total. The van der Waals surface area contributed by atoms with Crippen LogP contribution < -0.4 is 29.6 Å². The van der Waals surface area contributed by atoms with Gasteiger partial charge in [-0.25, -0.2) is 4.39 Å². The number of alkyl halides is 2. The van der Waals surface area contributed by atoms with Crippen molar-refractivity contribution in [3.8, 4) is 23.0 Å². The molecule has 3 aromatic rings. The van der Waals surface area contributed by atoms with E-state index in [0.717, 1.165) is 5.56 Å². The minimum Gasteiger partial charge on any atom is -0.493 e. The summed E-state index contributed by atoms with van der Waals surface area (Å²) in [6, 6.07) is 14.0. The zero-order valence-corrected chi connectivity index (χ0v) is 24.4. The van der Waals surface area contributed by atoms with Gasteiger partial charge >= 0.3 is 6.61 Å². The fraction of sp³-hybridized carbons (Fsp3) is 0.344. The Balaban J connectivity index is 1.40. The largest absolute Gasteiger partial charge is 0.493 e. The minimum absolute atomic E-state index is 0.00616. The first kappa shape index (κ1) is 31.5.